The first-order valence-corrected chi connectivity index (χ1v) is 6.10. The Kier molecular flexibility index (Phi) is 4.35. The first-order chi connectivity index (χ1) is 9.35. The molecule has 0 aliphatic rings. The molecule has 2 rings (SSSR count). The van der Waals surface area contributed by atoms with Crippen molar-refractivity contribution in [3.63, 3.8) is 0 Å². The quantitative estimate of drug-likeness (QED) is 0.613. The predicted octanol–water partition coefficient (Wildman–Crippen LogP) is 4.24. The lowest BCUT2D eigenvalue weighted by Crippen LogP contribution is -2.18. The highest BCUT2D eigenvalue weighted by Gasteiger charge is 2.27. The molecule has 1 heterocycles. The normalized spacial score (nSPS) is 12.0. The van der Waals surface area contributed by atoms with Gasteiger partial charge < -0.3 is 9.15 Å². The van der Waals surface area contributed by atoms with Gasteiger partial charge in [-0.25, -0.2) is 0 Å². The number of fused-ring (bicyclic) bond motifs is 1. The van der Waals surface area contributed by atoms with Crippen molar-refractivity contribution in [2.75, 3.05) is 13.2 Å². The van der Waals surface area contributed by atoms with E-state index in [1.165, 1.54) is 6.07 Å². The van der Waals surface area contributed by atoms with Crippen LogP contribution in [-0.2, 0) is 4.74 Å². The lowest BCUT2D eigenvalue weighted by atomic mass is 10.2. The summed E-state index contributed by atoms with van der Waals surface area (Å²) in [5.41, 5.74) is 0.494. The maximum absolute atomic E-state index is 11.8. The number of hydrogen-bond acceptors (Lipinski definition) is 3. The minimum absolute atomic E-state index is 0.0814. The third kappa shape index (κ3) is 3.98. The Labute approximate surface area is 117 Å². The van der Waals surface area contributed by atoms with E-state index in [1.54, 1.807) is 18.2 Å². The van der Waals surface area contributed by atoms with E-state index >= 15 is 0 Å². The van der Waals surface area contributed by atoms with Crippen molar-refractivity contribution in [2.24, 2.45) is 0 Å². The Morgan fingerprint density at radius 2 is 2.05 bits per heavy atom. The van der Waals surface area contributed by atoms with Crippen LogP contribution in [0.15, 0.2) is 28.7 Å². The van der Waals surface area contributed by atoms with E-state index in [-0.39, 0.29) is 18.8 Å². The fourth-order valence-corrected chi connectivity index (χ4v) is 1.81. The Bertz CT molecular complexity index is 619. The number of carbonyl (C=O) groups excluding carboxylic acids is 1. The Morgan fingerprint density at radius 1 is 1.30 bits per heavy atom. The number of benzene rings is 1. The Morgan fingerprint density at radius 3 is 2.75 bits per heavy atom. The zero-order valence-corrected chi connectivity index (χ0v) is 10.9. The first kappa shape index (κ1) is 14.9. The molecule has 0 unspecified atom stereocenters. The number of Topliss-reactive ketones (excluding diaryl/α,β-unsaturated/α-hetero) is 1. The first-order valence-electron chi connectivity index (χ1n) is 5.72. The van der Waals surface area contributed by atoms with Gasteiger partial charge in [0.05, 0.1) is 6.61 Å². The van der Waals surface area contributed by atoms with Crippen LogP contribution in [0.1, 0.15) is 17.0 Å². The number of furan rings is 1. The Balaban J connectivity index is 1.94. The molecule has 0 bridgehead atoms. The van der Waals surface area contributed by atoms with Crippen molar-refractivity contribution in [2.45, 2.75) is 12.6 Å². The summed E-state index contributed by atoms with van der Waals surface area (Å²) >= 11 is 5.80. The Hall–Kier alpha value is -1.53. The topological polar surface area (TPSA) is 39.4 Å². The van der Waals surface area contributed by atoms with Gasteiger partial charge in [-0.15, -0.1) is 0 Å². The van der Waals surface area contributed by atoms with E-state index in [0.29, 0.717) is 16.0 Å². The number of halogens is 4. The van der Waals surface area contributed by atoms with Crippen LogP contribution >= 0.6 is 11.6 Å². The van der Waals surface area contributed by atoms with Gasteiger partial charge in [-0.3, -0.25) is 4.79 Å². The van der Waals surface area contributed by atoms with Crippen LogP contribution in [0.25, 0.3) is 11.0 Å². The van der Waals surface area contributed by atoms with Gasteiger partial charge in [0.15, 0.2) is 11.5 Å². The van der Waals surface area contributed by atoms with E-state index in [2.05, 4.69) is 4.74 Å². The predicted molar refractivity (Wildman–Crippen MR) is 67.0 cm³/mol. The molecule has 0 saturated carbocycles. The van der Waals surface area contributed by atoms with Crippen LogP contribution in [-0.4, -0.2) is 25.2 Å². The number of carbonyl (C=O) groups is 1. The number of alkyl halides is 3. The highest BCUT2D eigenvalue weighted by Crippen LogP contribution is 2.23. The summed E-state index contributed by atoms with van der Waals surface area (Å²) < 4.78 is 45.2. The molecule has 3 nitrogen and oxygen atoms in total. The lowest BCUT2D eigenvalue weighted by Gasteiger charge is -2.06. The summed E-state index contributed by atoms with van der Waals surface area (Å²) in [6.07, 6.45) is -4.57. The molecule has 0 spiro atoms. The molecule has 0 amide bonds. The lowest BCUT2D eigenvalue weighted by molar-refractivity contribution is -0.173. The number of ketones is 1. The molecule has 2 aromatic rings. The molecule has 0 N–H and O–H groups in total. The van der Waals surface area contributed by atoms with Gasteiger partial charge in [-0.1, -0.05) is 11.6 Å². The SMILES string of the molecule is O=C(CCOCC(F)(F)F)c1cc2cc(Cl)ccc2o1. The number of ether oxygens (including phenoxy) is 1. The van der Waals surface area contributed by atoms with Gasteiger partial charge in [0, 0.05) is 16.8 Å². The van der Waals surface area contributed by atoms with E-state index in [9.17, 15) is 18.0 Å². The minimum Gasteiger partial charge on any atom is -0.453 e. The average molecular weight is 307 g/mol. The molecular weight excluding hydrogens is 297 g/mol. The van der Waals surface area contributed by atoms with Crippen molar-refractivity contribution in [1.82, 2.24) is 0 Å². The standard InChI is InChI=1S/C13H10ClF3O3/c14-9-1-2-11-8(5-9)6-12(20-11)10(18)3-4-19-7-13(15,16)17/h1-2,5-6H,3-4,7H2. The molecular formula is C13H10ClF3O3. The zero-order valence-electron chi connectivity index (χ0n) is 10.2. The van der Waals surface area contributed by atoms with Gasteiger partial charge in [-0.05, 0) is 24.3 Å². The van der Waals surface area contributed by atoms with Crippen molar-refractivity contribution >= 4 is 28.4 Å². The van der Waals surface area contributed by atoms with Gasteiger partial charge in [0.25, 0.3) is 0 Å². The molecule has 20 heavy (non-hydrogen) atoms. The number of hydrogen-bond donors (Lipinski definition) is 0. The van der Waals surface area contributed by atoms with Crippen molar-refractivity contribution < 1.29 is 27.1 Å². The van der Waals surface area contributed by atoms with Crippen molar-refractivity contribution in [3.05, 3.63) is 35.0 Å². The molecule has 1 aromatic carbocycles. The van der Waals surface area contributed by atoms with E-state index < -0.39 is 18.6 Å². The fourth-order valence-electron chi connectivity index (χ4n) is 1.63. The fraction of sp³-hybridized carbons (Fsp3) is 0.308. The summed E-state index contributed by atoms with van der Waals surface area (Å²) in [6.45, 7) is -1.67. The molecule has 0 radical (unpaired) electrons. The second kappa shape index (κ2) is 5.85. The molecule has 0 saturated heterocycles. The van der Waals surface area contributed by atoms with Crippen LogP contribution in [0, 0.1) is 0 Å². The highest BCUT2D eigenvalue weighted by molar-refractivity contribution is 6.31. The van der Waals surface area contributed by atoms with Gasteiger partial charge in [-0.2, -0.15) is 13.2 Å². The van der Waals surface area contributed by atoms with E-state index in [0.717, 1.165) is 0 Å². The minimum atomic E-state index is -4.39. The molecule has 108 valence electrons. The second-order valence-electron chi connectivity index (χ2n) is 4.13. The monoisotopic (exact) mass is 306 g/mol. The third-order valence-corrected chi connectivity index (χ3v) is 2.73. The smallest absolute Gasteiger partial charge is 0.411 e. The molecule has 7 heteroatoms. The summed E-state index contributed by atoms with van der Waals surface area (Å²) in [5, 5.41) is 1.17. The maximum atomic E-state index is 11.8. The summed E-state index contributed by atoms with van der Waals surface area (Å²) in [7, 11) is 0. The summed E-state index contributed by atoms with van der Waals surface area (Å²) in [5.74, 6) is -0.336. The van der Waals surface area contributed by atoms with Crippen LogP contribution in [0.4, 0.5) is 13.2 Å². The van der Waals surface area contributed by atoms with Gasteiger partial charge >= 0.3 is 6.18 Å². The van der Waals surface area contributed by atoms with Gasteiger partial charge in [0.1, 0.15) is 12.2 Å². The summed E-state index contributed by atoms with van der Waals surface area (Å²) in [6, 6.07) is 6.38. The highest BCUT2D eigenvalue weighted by atomic mass is 35.5. The second-order valence-corrected chi connectivity index (χ2v) is 4.57. The molecule has 0 aliphatic heterocycles. The van der Waals surface area contributed by atoms with Gasteiger partial charge in [0.2, 0.25) is 0 Å². The molecule has 0 atom stereocenters. The van der Waals surface area contributed by atoms with Crippen LogP contribution in [0.5, 0.6) is 0 Å². The maximum Gasteiger partial charge on any atom is 0.411 e. The largest absolute Gasteiger partial charge is 0.453 e. The number of rotatable bonds is 5. The third-order valence-electron chi connectivity index (χ3n) is 2.49. The average Bonchev–Trinajstić information content (AvgIpc) is 2.76. The summed E-state index contributed by atoms with van der Waals surface area (Å²) in [4.78, 5) is 11.7. The van der Waals surface area contributed by atoms with Crippen LogP contribution in [0.2, 0.25) is 5.02 Å². The molecule has 0 aliphatic carbocycles. The van der Waals surface area contributed by atoms with E-state index in [1.807, 2.05) is 0 Å². The van der Waals surface area contributed by atoms with Crippen LogP contribution < -0.4 is 0 Å². The van der Waals surface area contributed by atoms with Crippen molar-refractivity contribution in [1.29, 1.82) is 0 Å². The van der Waals surface area contributed by atoms with Crippen LogP contribution in [0.3, 0.4) is 0 Å². The molecule has 1 aromatic heterocycles. The van der Waals surface area contributed by atoms with E-state index in [4.69, 9.17) is 16.0 Å². The molecule has 0 fully saturated rings. The zero-order chi connectivity index (χ0) is 14.8. The van der Waals surface area contributed by atoms with Crippen molar-refractivity contribution in [3.8, 4) is 0 Å².